The molecule has 5 heteroatoms. The lowest BCUT2D eigenvalue weighted by molar-refractivity contribution is -0.154. The average molecular weight is 412 g/mol. The van der Waals surface area contributed by atoms with Crippen molar-refractivity contribution in [1.29, 1.82) is 5.26 Å². The molecular formula is C21H18BrNO3. The Morgan fingerprint density at radius 3 is 2.35 bits per heavy atom. The first kappa shape index (κ1) is 18.3. The molecule has 0 aliphatic heterocycles. The van der Waals surface area contributed by atoms with E-state index in [0.29, 0.717) is 0 Å². The largest absolute Gasteiger partial charge is 0.468 e. The Balaban J connectivity index is 2.25. The molecule has 1 aliphatic carbocycles. The maximum atomic E-state index is 12.9. The monoisotopic (exact) mass is 411 g/mol. The minimum Gasteiger partial charge on any atom is -0.468 e. The molecule has 2 aromatic carbocycles. The molecule has 0 N–H and O–H groups in total. The van der Waals surface area contributed by atoms with E-state index in [2.05, 4.69) is 22.0 Å². The van der Waals surface area contributed by atoms with Gasteiger partial charge in [0.2, 0.25) is 0 Å². The number of methoxy groups -OCH3 is 1. The van der Waals surface area contributed by atoms with Gasteiger partial charge in [0.15, 0.2) is 5.41 Å². The number of carbonyl (C=O) groups excluding carboxylic acids is 2. The van der Waals surface area contributed by atoms with E-state index in [9.17, 15) is 14.9 Å². The predicted molar refractivity (Wildman–Crippen MR) is 100 cm³/mol. The highest BCUT2D eigenvalue weighted by atomic mass is 79.9. The Kier molecular flexibility index (Phi) is 5.24. The van der Waals surface area contributed by atoms with Crippen molar-refractivity contribution in [2.45, 2.75) is 24.7 Å². The normalized spacial score (nSPS) is 25.3. The Morgan fingerprint density at radius 1 is 1.12 bits per heavy atom. The van der Waals surface area contributed by atoms with E-state index < -0.39 is 23.2 Å². The number of esters is 1. The van der Waals surface area contributed by atoms with E-state index in [-0.39, 0.29) is 18.6 Å². The molecule has 0 saturated heterocycles. The minimum absolute atomic E-state index is 0.0365. The van der Waals surface area contributed by atoms with E-state index in [4.69, 9.17) is 4.74 Å². The van der Waals surface area contributed by atoms with Crippen LogP contribution in [0.3, 0.4) is 0 Å². The van der Waals surface area contributed by atoms with Crippen LogP contribution in [0.4, 0.5) is 0 Å². The van der Waals surface area contributed by atoms with Gasteiger partial charge in [-0.05, 0) is 17.2 Å². The van der Waals surface area contributed by atoms with Crippen molar-refractivity contribution < 1.29 is 14.3 Å². The van der Waals surface area contributed by atoms with Gasteiger partial charge in [-0.3, -0.25) is 9.59 Å². The van der Waals surface area contributed by atoms with Gasteiger partial charge >= 0.3 is 5.97 Å². The van der Waals surface area contributed by atoms with Gasteiger partial charge < -0.3 is 4.74 Å². The highest BCUT2D eigenvalue weighted by molar-refractivity contribution is 9.10. The summed E-state index contributed by atoms with van der Waals surface area (Å²) < 4.78 is 5.85. The van der Waals surface area contributed by atoms with Gasteiger partial charge in [0, 0.05) is 29.2 Å². The van der Waals surface area contributed by atoms with Gasteiger partial charge in [-0.2, -0.15) is 5.26 Å². The van der Waals surface area contributed by atoms with Crippen molar-refractivity contribution in [2.24, 2.45) is 5.41 Å². The van der Waals surface area contributed by atoms with Crippen LogP contribution in [0.15, 0.2) is 59.1 Å². The Morgan fingerprint density at radius 2 is 1.73 bits per heavy atom. The molecule has 2 aromatic rings. The lowest BCUT2D eigenvalue weighted by atomic mass is 9.56. The molecule has 0 heterocycles. The number of nitriles is 1. The molecule has 0 radical (unpaired) electrons. The second-order valence-electron chi connectivity index (χ2n) is 6.46. The van der Waals surface area contributed by atoms with Crippen molar-refractivity contribution in [3.63, 3.8) is 0 Å². The van der Waals surface area contributed by atoms with Gasteiger partial charge in [-0.15, -0.1) is 0 Å². The summed E-state index contributed by atoms with van der Waals surface area (Å²) in [5.74, 6) is -1.70. The third kappa shape index (κ3) is 2.95. The molecule has 1 aliphatic rings. The first-order chi connectivity index (χ1) is 12.5. The van der Waals surface area contributed by atoms with Crippen molar-refractivity contribution in [3.8, 4) is 6.07 Å². The molecule has 4 nitrogen and oxygen atoms in total. The second-order valence-corrected chi connectivity index (χ2v) is 7.31. The summed E-state index contributed by atoms with van der Waals surface area (Å²) in [5, 5.41) is 10.2. The summed E-state index contributed by atoms with van der Waals surface area (Å²) in [6.07, 6.45) is 0.280. The van der Waals surface area contributed by atoms with E-state index in [1.54, 1.807) is 0 Å². The standard InChI is InChI=1S/C21H18BrNO3/c1-26-20(25)21(13-23)17(14-7-3-2-4-8-14)11-15(24)12-18(21)16-9-5-6-10-19(16)22/h2-10,17-18H,11-12H2,1H3/t17-,18+,21-/m0/s1. The highest BCUT2D eigenvalue weighted by Gasteiger charge is 2.58. The summed E-state index contributed by atoms with van der Waals surface area (Å²) in [6.45, 7) is 0. The van der Waals surface area contributed by atoms with E-state index in [1.165, 1.54) is 7.11 Å². The van der Waals surface area contributed by atoms with Crippen molar-refractivity contribution in [1.82, 2.24) is 0 Å². The number of benzene rings is 2. The lowest BCUT2D eigenvalue weighted by Crippen LogP contribution is -2.47. The molecule has 0 aromatic heterocycles. The number of halogens is 1. The van der Waals surface area contributed by atoms with Gasteiger partial charge in [0.1, 0.15) is 5.78 Å². The number of hydrogen-bond donors (Lipinski definition) is 0. The number of ketones is 1. The van der Waals surface area contributed by atoms with Crippen LogP contribution in [0.5, 0.6) is 0 Å². The minimum atomic E-state index is -1.46. The molecular weight excluding hydrogens is 394 g/mol. The number of carbonyl (C=O) groups is 2. The van der Waals surface area contributed by atoms with Gasteiger partial charge in [-0.1, -0.05) is 64.5 Å². The lowest BCUT2D eigenvalue weighted by Gasteiger charge is -2.42. The molecule has 0 unspecified atom stereocenters. The fraction of sp³-hybridized carbons (Fsp3) is 0.286. The van der Waals surface area contributed by atoms with Crippen molar-refractivity contribution >= 4 is 27.7 Å². The number of Topliss-reactive ketones (excluding diaryl/α,β-unsaturated/α-hetero) is 1. The average Bonchev–Trinajstić information content (AvgIpc) is 2.68. The molecule has 0 bridgehead atoms. The topological polar surface area (TPSA) is 67.2 Å². The Labute approximate surface area is 160 Å². The summed E-state index contributed by atoms with van der Waals surface area (Å²) in [4.78, 5) is 25.5. The van der Waals surface area contributed by atoms with Crippen LogP contribution in [0, 0.1) is 16.7 Å². The maximum absolute atomic E-state index is 12.9. The zero-order chi connectivity index (χ0) is 18.7. The molecule has 1 fully saturated rings. The molecule has 3 atom stereocenters. The first-order valence-corrected chi connectivity index (χ1v) is 9.14. The number of hydrogen-bond acceptors (Lipinski definition) is 4. The van der Waals surface area contributed by atoms with Crippen molar-refractivity contribution in [3.05, 3.63) is 70.2 Å². The summed E-state index contributed by atoms with van der Waals surface area (Å²) in [7, 11) is 1.29. The second kappa shape index (κ2) is 7.43. The Hall–Kier alpha value is -2.45. The fourth-order valence-electron chi connectivity index (χ4n) is 3.94. The Bertz CT molecular complexity index is 874. The van der Waals surface area contributed by atoms with Gasteiger partial charge in [-0.25, -0.2) is 0 Å². The van der Waals surface area contributed by atoms with Crippen molar-refractivity contribution in [2.75, 3.05) is 7.11 Å². The molecule has 0 spiro atoms. The molecule has 26 heavy (non-hydrogen) atoms. The highest BCUT2D eigenvalue weighted by Crippen LogP contribution is 2.55. The SMILES string of the molecule is COC(=O)[C@]1(C#N)[C@@H](c2ccccc2Br)CC(=O)C[C@H]1c1ccccc1. The van der Waals surface area contributed by atoms with Crippen LogP contribution in [-0.2, 0) is 14.3 Å². The third-order valence-corrected chi connectivity index (χ3v) is 5.88. The summed E-state index contributed by atoms with van der Waals surface area (Å²) in [6, 6.07) is 18.9. The van der Waals surface area contributed by atoms with Crippen LogP contribution in [0.1, 0.15) is 35.8 Å². The molecule has 132 valence electrons. The van der Waals surface area contributed by atoms with E-state index in [1.807, 2.05) is 54.6 Å². The molecule has 3 rings (SSSR count). The summed E-state index contributed by atoms with van der Waals surface area (Å²) >= 11 is 3.51. The van der Waals surface area contributed by atoms with E-state index in [0.717, 1.165) is 15.6 Å². The molecule has 0 amide bonds. The van der Waals surface area contributed by atoms with E-state index >= 15 is 0 Å². The number of ether oxygens (including phenoxy) is 1. The van der Waals surface area contributed by atoms with Crippen LogP contribution < -0.4 is 0 Å². The fourth-order valence-corrected chi connectivity index (χ4v) is 4.50. The van der Waals surface area contributed by atoms with Crippen LogP contribution in [0.2, 0.25) is 0 Å². The van der Waals surface area contributed by atoms with Gasteiger partial charge in [0.05, 0.1) is 13.2 Å². The zero-order valence-electron chi connectivity index (χ0n) is 14.3. The first-order valence-electron chi connectivity index (χ1n) is 8.35. The zero-order valence-corrected chi connectivity index (χ0v) is 15.9. The smallest absolute Gasteiger partial charge is 0.327 e. The number of rotatable bonds is 3. The quantitative estimate of drug-likeness (QED) is 0.703. The maximum Gasteiger partial charge on any atom is 0.327 e. The predicted octanol–water partition coefficient (Wildman–Crippen LogP) is 4.36. The number of nitrogens with zero attached hydrogens (tertiary/aromatic N) is 1. The molecule has 1 saturated carbocycles. The van der Waals surface area contributed by atoms with Crippen LogP contribution in [-0.4, -0.2) is 18.9 Å². The van der Waals surface area contributed by atoms with Gasteiger partial charge in [0.25, 0.3) is 0 Å². The third-order valence-electron chi connectivity index (χ3n) is 5.15. The van der Waals surface area contributed by atoms with Crippen LogP contribution >= 0.6 is 15.9 Å². The summed E-state index contributed by atoms with van der Waals surface area (Å²) in [5.41, 5.74) is 0.103. The van der Waals surface area contributed by atoms with Crippen LogP contribution in [0.25, 0.3) is 0 Å².